The fourth-order valence-electron chi connectivity index (χ4n) is 3.16. The molecule has 96 valence electrons. The maximum Gasteiger partial charge on any atom is 0.0794 e. The predicted molar refractivity (Wildman–Crippen MR) is 74.4 cm³/mol. The number of aromatic nitrogens is 1. The van der Waals surface area contributed by atoms with Crippen molar-refractivity contribution in [1.82, 2.24) is 10.3 Å². The maximum absolute atomic E-state index is 4.20. The van der Waals surface area contributed by atoms with Gasteiger partial charge in [0.1, 0.15) is 0 Å². The Morgan fingerprint density at radius 2 is 2.29 bits per heavy atom. The molecule has 2 atom stereocenters. The summed E-state index contributed by atoms with van der Waals surface area (Å²) in [5, 5.41) is 3.36. The molecule has 0 spiro atoms. The first-order valence-corrected chi connectivity index (χ1v) is 7.51. The highest BCUT2D eigenvalue weighted by molar-refractivity contribution is 7.09. The molecule has 2 nitrogen and oxygen atoms in total. The maximum atomic E-state index is 4.20. The van der Waals surface area contributed by atoms with Crippen LogP contribution < -0.4 is 5.32 Å². The van der Waals surface area contributed by atoms with Gasteiger partial charge >= 0.3 is 0 Å². The van der Waals surface area contributed by atoms with Gasteiger partial charge in [-0.1, -0.05) is 13.8 Å². The molecule has 0 aliphatic heterocycles. The summed E-state index contributed by atoms with van der Waals surface area (Å²) >= 11 is 1.81. The van der Waals surface area contributed by atoms with Crippen LogP contribution in [0.4, 0.5) is 0 Å². The van der Waals surface area contributed by atoms with E-state index in [1.165, 1.54) is 37.1 Å². The Morgan fingerprint density at radius 3 is 2.94 bits per heavy atom. The molecule has 2 rings (SSSR count). The monoisotopic (exact) mass is 252 g/mol. The largest absolute Gasteiger partial charge is 0.319 e. The van der Waals surface area contributed by atoms with Gasteiger partial charge in [0, 0.05) is 11.1 Å². The Morgan fingerprint density at radius 1 is 1.47 bits per heavy atom. The first-order chi connectivity index (χ1) is 8.11. The second kappa shape index (κ2) is 5.49. The number of nitrogens with one attached hydrogen (secondary N) is 1. The zero-order valence-corrected chi connectivity index (χ0v) is 12.0. The number of nitrogens with zero attached hydrogens (tertiary/aromatic N) is 1. The van der Waals surface area contributed by atoms with Crippen molar-refractivity contribution in [3.63, 3.8) is 0 Å². The molecule has 0 bridgehead atoms. The second-order valence-electron chi connectivity index (χ2n) is 6.16. The van der Waals surface area contributed by atoms with Gasteiger partial charge in [-0.15, -0.1) is 11.3 Å². The molecule has 1 N–H and O–H groups in total. The van der Waals surface area contributed by atoms with Crippen LogP contribution in [-0.4, -0.2) is 18.6 Å². The molecule has 1 saturated carbocycles. The summed E-state index contributed by atoms with van der Waals surface area (Å²) in [7, 11) is 2.07. The summed E-state index contributed by atoms with van der Waals surface area (Å²) in [5.74, 6) is 1.67. The van der Waals surface area contributed by atoms with Crippen molar-refractivity contribution in [1.29, 1.82) is 0 Å². The molecule has 1 fully saturated rings. The van der Waals surface area contributed by atoms with Gasteiger partial charge in [0.25, 0.3) is 0 Å². The van der Waals surface area contributed by atoms with E-state index in [4.69, 9.17) is 0 Å². The molecular weight excluding hydrogens is 228 g/mol. The van der Waals surface area contributed by atoms with Gasteiger partial charge in [-0.2, -0.15) is 0 Å². The van der Waals surface area contributed by atoms with Crippen molar-refractivity contribution in [2.45, 2.75) is 39.5 Å². The zero-order chi connectivity index (χ0) is 12.3. The molecule has 1 heterocycles. The molecule has 3 heteroatoms. The molecule has 1 aromatic heterocycles. The highest BCUT2D eigenvalue weighted by Crippen LogP contribution is 2.43. The van der Waals surface area contributed by atoms with Crippen LogP contribution in [0.1, 0.15) is 38.0 Å². The lowest BCUT2D eigenvalue weighted by Gasteiger charge is -2.40. The second-order valence-corrected chi connectivity index (χ2v) is 7.13. The van der Waals surface area contributed by atoms with Crippen LogP contribution in [0.3, 0.4) is 0 Å². The first-order valence-electron chi connectivity index (χ1n) is 6.63. The Balaban J connectivity index is 2.02. The van der Waals surface area contributed by atoms with E-state index in [0.717, 1.165) is 11.8 Å². The van der Waals surface area contributed by atoms with Gasteiger partial charge in [0.05, 0.1) is 5.51 Å². The number of rotatable bonds is 4. The molecule has 17 heavy (non-hydrogen) atoms. The number of thiazole rings is 1. The standard InChI is InChI=1S/C14H24N2S/c1-14(2)5-4-11(8-15-3)12(7-14)6-13-9-16-10-17-13/h9-12,15H,4-8H2,1-3H3. The van der Waals surface area contributed by atoms with E-state index in [-0.39, 0.29) is 0 Å². The zero-order valence-electron chi connectivity index (χ0n) is 11.2. The predicted octanol–water partition coefficient (Wildman–Crippen LogP) is 3.35. The quantitative estimate of drug-likeness (QED) is 0.889. The van der Waals surface area contributed by atoms with Crippen molar-refractivity contribution in [2.75, 3.05) is 13.6 Å². The Bertz CT molecular complexity index is 332. The van der Waals surface area contributed by atoms with E-state index in [2.05, 4.69) is 31.2 Å². The minimum Gasteiger partial charge on any atom is -0.319 e. The first kappa shape index (κ1) is 13.0. The lowest BCUT2D eigenvalue weighted by atomic mass is 9.66. The van der Waals surface area contributed by atoms with Crippen molar-refractivity contribution in [3.05, 3.63) is 16.6 Å². The molecule has 0 aromatic carbocycles. The van der Waals surface area contributed by atoms with Crippen LogP contribution >= 0.6 is 11.3 Å². The minimum atomic E-state index is 0.527. The highest BCUT2D eigenvalue weighted by Gasteiger charge is 2.34. The smallest absolute Gasteiger partial charge is 0.0794 e. The molecule has 0 saturated heterocycles. The molecule has 1 aromatic rings. The average molecular weight is 252 g/mol. The third-order valence-electron chi connectivity index (χ3n) is 4.09. The summed E-state index contributed by atoms with van der Waals surface area (Å²) in [6.07, 6.45) is 7.37. The summed E-state index contributed by atoms with van der Waals surface area (Å²) in [6, 6.07) is 0. The third-order valence-corrected chi connectivity index (χ3v) is 4.89. The Hall–Kier alpha value is -0.410. The lowest BCUT2D eigenvalue weighted by Crippen LogP contribution is -2.36. The molecule has 0 amide bonds. The average Bonchev–Trinajstić information content (AvgIpc) is 2.74. The normalized spacial score (nSPS) is 28.2. The van der Waals surface area contributed by atoms with E-state index < -0.39 is 0 Å². The number of hydrogen-bond acceptors (Lipinski definition) is 3. The van der Waals surface area contributed by atoms with Crippen LogP contribution in [0.2, 0.25) is 0 Å². The van der Waals surface area contributed by atoms with Crippen molar-refractivity contribution >= 4 is 11.3 Å². The van der Waals surface area contributed by atoms with Crippen LogP contribution in [0, 0.1) is 17.3 Å². The minimum absolute atomic E-state index is 0.527. The van der Waals surface area contributed by atoms with Crippen molar-refractivity contribution in [2.24, 2.45) is 17.3 Å². The summed E-state index contributed by atoms with van der Waals surface area (Å²) in [4.78, 5) is 5.65. The van der Waals surface area contributed by atoms with Gasteiger partial charge in [-0.3, -0.25) is 4.98 Å². The molecule has 2 unspecified atom stereocenters. The van der Waals surface area contributed by atoms with Crippen LogP contribution in [0.15, 0.2) is 11.7 Å². The summed E-state index contributed by atoms with van der Waals surface area (Å²) < 4.78 is 0. The fraction of sp³-hybridized carbons (Fsp3) is 0.786. The molecule has 0 radical (unpaired) electrons. The van der Waals surface area contributed by atoms with Crippen LogP contribution in [0.25, 0.3) is 0 Å². The fourth-order valence-corrected chi connectivity index (χ4v) is 3.85. The third kappa shape index (κ3) is 3.52. The van der Waals surface area contributed by atoms with E-state index >= 15 is 0 Å². The van der Waals surface area contributed by atoms with Gasteiger partial charge in [0.15, 0.2) is 0 Å². The lowest BCUT2D eigenvalue weighted by molar-refractivity contribution is 0.118. The van der Waals surface area contributed by atoms with E-state index in [9.17, 15) is 0 Å². The van der Waals surface area contributed by atoms with Gasteiger partial charge in [-0.25, -0.2) is 0 Å². The Labute approximate surface area is 109 Å². The molecular formula is C14H24N2S. The summed E-state index contributed by atoms with van der Waals surface area (Å²) in [5.41, 5.74) is 2.48. The van der Waals surface area contributed by atoms with Gasteiger partial charge in [-0.05, 0) is 56.5 Å². The molecule has 1 aliphatic carbocycles. The van der Waals surface area contributed by atoms with Crippen LogP contribution in [0.5, 0.6) is 0 Å². The Kier molecular flexibility index (Phi) is 4.21. The van der Waals surface area contributed by atoms with Crippen molar-refractivity contribution < 1.29 is 0 Å². The van der Waals surface area contributed by atoms with Crippen LogP contribution in [-0.2, 0) is 6.42 Å². The van der Waals surface area contributed by atoms with E-state index in [1.807, 2.05) is 11.7 Å². The number of hydrogen-bond donors (Lipinski definition) is 1. The van der Waals surface area contributed by atoms with Gasteiger partial charge < -0.3 is 5.32 Å². The van der Waals surface area contributed by atoms with Crippen molar-refractivity contribution in [3.8, 4) is 0 Å². The summed E-state index contributed by atoms with van der Waals surface area (Å²) in [6.45, 7) is 6.00. The highest BCUT2D eigenvalue weighted by atomic mass is 32.1. The van der Waals surface area contributed by atoms with E-state index in [1.54, 1.807) is 11.3 Å². The SMILES string of the molecule is CNCC1CCC(C)(C)CC1Cc1cncs1. The van der Waals surface area contributed by atoms with Gasteiger partial charge in [0.2, 0.25) is 0 Å². The topological polar surface area (TPSA) is 24.9 Å². The van der Waals surface area contributed by atoms with E-state index in [0.29, 0.717) is 5.41 Å². The molecule has 1 aliphatic rings.